The fourth-order valence-corrected chi connectivity index (χ4v) is 2.43. The quantitative estimate of drug-likeness (QED) is 0.618. The molecule has 1 aromatic carbocycles. The molecule has 1 aromatic heterocycles. The molecule has 8 heteroatoms. The van der Waals surface area contributed by atoms with Crippen molar-refractivity contribution in [2.75, 3.05) is 18.4 Å². The first-order chi connectivity index (χ1) is 9.58. The first-order valence-electron chi connectivity index (χ1n) is 5.86. The predicted octanol–water partition coefficient (Wildman–Crippen LogP) is 1.95. The second kappa shape index (κ2) is 4.61. The van der Waals surface area contributed by atoms with E-state index >= 15 is 0 Å². The second-order valence-electron chi connectivity index (χ2n) is 4.31. The summed E-state index contributed by atoms with van der Waals surface area (Å²) in [5.41, 5.74) is 1.17. The molecule has 20 heavy (non-hydrogen) atoms. The molecule has 3 rings (SSSR count). The summed E-state index contributed by atoms with van der Waals surface area (Å²) in [7, 11) is 0. The Kier molecular flexibility index (Phi) is 2.90. The molecule has 0 saturated heterocycles. The molecule has 2 aromatic rings. The predicted molar refractivity (Wildman–Crippen MR) is 74.2 cm³/mol. The number of non-ortho nitro benzene ring substituents is 1. The summed E-state index contributed by atoms with van der Waals surface area (Å²) in [5.74, 6) is -0.262. The van der Waals surface area contributed by atoms with Gasteiger partial charge in [0.1, 0.15) is 0 Å². The van der Waals surface area contributed by atoms with Gasteiger partial charge in [-0.2, -0.15) is 0 Å². The zero-order valence-corrected chi connectivity index (χ0v) is 10.9. The van der Waals surface area contributed by atoms with Crippen molar-refractivity contribution in [2.24, 2.45) is 0 Å². The fraction of sp³-hybridized carbons (Fsp3) is 0.167. The molecule has 0 radical (unpaired) electrons. The number of amides is 1. The van der Waals surface area contributed by atoms with Gasteiger partial charge in [0.05, 0.1) is 26.7 Å². The molecule has 0 saturated carbocycles. The number of hydrogen-bond donors (Lipinski definition) is 2. The van der Waals surface area contributed by atoms with Crippen LogP contribution in [0.1, 0.15) is 10.4 Å². The van der Waals surface area contributed by atoms with Crippen LogP contribution in [0.25, 0.3) is 10.9 Å². The van der Waals surface area contributed by atoms with E-state index in [-0.39, 0.29) is 16.6 Å². The number of carbonyl (C=O) groups excluding carboxylic acids is 1. The lowest BCUT2D eigenvalue weighted by Crippen LogP contribution is -2.24. The highest BCUT2D eigenvalue weighted by Gasteiger charge is 2.21. The summed E-state index contributed by atoms with van der Waals surface area (Å²) in [5, 5.41) is 17.4. The zero-order chi connectivity index (χ0) is 14.3. The molecule has 1 aliphatic rings. The van der Waals surface area contributed by atoms with Crippen molar-refractivity contribution in [3.63, 3.8) is 0 Å². The van der Waals surface area contributed by atoms with Crippen LogP contribution < -0.4 is 10.6 Å². The maximum Gasteiger partial charge on any atom is 0.271 e. The van der Waals surface area contributed by atoms with Crippen molar-refractivity contribution in [2.45, 2.75) is 0 Å². The van der Waals surface area contributed by atoms with Crippen molar-refractivity contribution in [3.05, 3.63) is 39.0 Å². The Bertz CT molecular complexity index is 747. The average Bonchev–Trinajstić information content (AvgIpc) is 2.61. The highest BCUT2D eigenvalue weighted by atomic mass is 35.5. The van der Waals surface area contributed by atoms with Gasteiger partial charge in [-0.05, 0) is 0 Å². The monoisotopic (exact) mass is 292 g/mol. The number of rotatable bonds is 1. The Hall–Kier alpha value is -2.41. The van der Waals surface area contributed by atoms with Gasteiger partial charge in [0, 0.05) is 36.8 Å². The first kappa shape index (κ1) is 12.6. The number of pyridine rings is 1. The molecule has 1 aliphatic heterocycles. The van der Waals surface area contributed by atoms with Gasteiger partial charge in [-0.25, -0.2) is 0 Å². The average molecular weight is 293 g/mol. The minimum absolute atomic E-state index is 0.135. The van der Waals surface area contributed by atoms with Crippen LogP contribution in [0.15, 0.2) is 18.3 Å². The summed E-state index contributed by atoms with van der Waals surface area (Å²) < 4.78 is 0. The van der Waals surface area contributed by atoms with Crippen LogP contribution in [0.5, 0.6) is 0 Å². The lowest BCUT2D eigenvalue weighted by Gasteiger charge is -2.10. The van der Waals surface area contributed by atoms with E-state index in [4.69, 9.17) is 11.6 Å². The molecule has 2 N–H and O–H groups in total. The number of nitrogens with zero attached hydrogens (tertiary/aromatic N) is 2. The molecular formula is C12H9ClN4O3. The van der Waals surface area contributed by atoms with E-state index in [2.05, 4.69) is 15.6 Å². The summed E-state index contributed by atoms with van der Waals surface area (Å²) in [6, 6.07) is 2.62. The third-order valence-corrected chi connectivity index (χ3v) is 3.37. The van der Waals surface area contributed by atoms with E-state index in [1.165, 1.54) is 18.3 Å². The second-order valence-corrected chi connectivity index (χ2v) is 4.72. The number of aromatic nitrogens is 1. The molecular weight excluding hydrogens is 284 g/mol. The van der Waals surface area contributed by atoms with E-state index in [0.29, 0.717) is 35.2 Å². The van der Waals surface area contributed by atoms with Crippen LogP contribution in [0, 0.1) is 10.1 Å². The van der Waals surface area contributed by atoms with Gasteiger partial charge < -0.3 is 10.6 Å². The van der Waals surface area contributed by atoms with Gasteiger partial charge in [0.2, 0.25) is 0 Å². The Balaban J connectivity index is 2.35. The van der Waals surface area contributed by atoms with Crippen molar-refractivity contribution in [3.8, 4) is 0 Å². The Morgan fingerprint density at radius 2 is 2.05 bits per heavy atom. The summed E-state index contributed by atoms with van der Waals surface area (Å²) in [6.07, 6.45) is 1.42. The Labute approximate surface area is 118 Å². The van der Waals surface area contributed by atoms with E-state index < -0.39 is 4.92 Å². The highest BCUT2D eigenvalue weighted by Crippen LogP contribution is 2.34. The number of nitrogens with one attached hydrogen (secondary N) is 2. The number of fused-ring (bicyclic) bond motifs is 3. The van der Waals surface area contributed by atoms with Crippen molar-refractivity contribution < 1.29 is 9.72 Å². The van der Waals surface area contributed by atoms with Gasteiger partial charge >= 0.3 is 0 Å². The molecule has 0 spiro atoms. The summed E-state index contributed by atoms with van der Waals surface area (Å²) in [6.45, 7) is 0.996. The Morgan fingerprint density at radius 3 is 2.80 bits per heavy atom. The number of anilines is 1. The lowest BCUT2D eigenvalue weighted by atomic mass is 10.1. The minimum Gasteiger partial charge on any atom is -0.382 e. The third-order valence-electron chi connectivity index (χ3n) is 3.08. The molecule has 102 valence electrons. The molecule has 0 bridgehead atoms. The molecule has 0 unspecified atom stereocenters. The zero-order valence-electron chi connectivity index (χ0n) is 10.1. The lowest BCUT2D eigenvalue weighted by molar-refractivity contribution is -0.384. The topological polar surface area (TPSA) is 97.2 Å². The molecule has 0 aliphatic carbocycles. The molecule has 0 fully saturated rings. The van der Waals surface area contributed by atoms with Crippen LogP contribution in [-0.2, 0) is 0 Å². The van der Waals surface area contributed by atoms with E-state index in [1.807, 2.05) is 0 Å². The number of carbonyl (C=O) groups is 1. The normalized spacial score (nSPS) is 14.2. The SMILES string of the molecule is O=C1NCCNc2c1cnc1c(Cl)cc([N+](=O)[O-])cc21. The maximum absolute atomic E-state index is 11.9. The van der Waals surface area contributed by atoms with Crippen molar-refractivity contribution >= 4 is 39.8 Å². The standard InChI is InChI=1S/C12H9ClN4O3/c13-9-4-6(17(19)20)3-7-10-8(5-16-11(7)9)12(18)15-2-1-14-10/h3-5,14H,1-2H2,(H,15,18). The maximum atomic E-state index is 11.9. The van der Waals surface area contributed by atoms with Gasteiger partial charge in [-0.1, -0.05) is 11.6 Å². The van der Waals surface area contributed by atoms with Gasteiger partial charge in [-0.15, -0.1) is 0 Å². The van der Waals surface area contributed by atoms with Gasteiger partial charge in [0.25, 0.3) is 11.6 Å². The summed E-state index contributed by atoms with van der Waals surface area (Å²) >= 11 is 6.03. The minimum atomic E-state index is -0.526. The van der Waals surface area contributed by atoms with Crippen LogP contribution in [0.4, 0.5) is 11.4 Å². The van der Waals surface area contributed by atoms with E-state index in [9.17, 15) is 14.9 Å². The number of nitro benzene ring substituents is 1. The molecule has 1 amide bonds. The highest BCUT2D eigenvalue weighted by molar-refractivity contribution is 6.36. The van der Waals surface area contributed by atoms with Crippen molar-refractivity contribution in [1.82, 2.24) is 10.3 Å². The fourth-order valence-electron chi connectivity index (χ4n) is 2.17. The largest absolute Gasteiger partial charge is 0.382 e. The first-order valence-corrected chi connectivity index (χ1v) is 6.24. The van der Waals surface area contributed by atoms with Crippen LogP contribution in [-0.4, -0.2) is 28.9 Å². The van der Waals surface area contributed by atoms with E-state index in [0.717, 1.165) is 0 Å². The van der Waals surface area contributed by atoms with Gasteiger partial charge in [0.15, 0.2) is 0 Å². The number of hydrogen-bond acceptors (Lipinski definition) is 5. The van der Waals surface area contributed by atoms with Gasteiger partial charge in [-0.3, -0.25) is 19.9 Å². The number of benzene rings is 1. The smallest absolute Gasteiger partial charge is 0.271 e. The van der Waals surface area contributed by atoms with Crippen LogP contribution in [0.3, 0.4) is 0 Å². The summed E-state index contributed by atoms with van der Waals surface area (Å²) in [4.78, 5) is 26.4. The molecule has 2 heterocycles. The number of nitro groups is 1. The Morgan fingerprint density at radius 1 is 1.30 bits per heavy atom. The molecule has 0 atom stereocenters. The molecule has 7 nitrogen and oxygen atoms in total. The van der Waals surface area contributed by atoms with Crippen molar-refractivity contribution in [1.29, 1.82) is 0 Å². The van der Waals surface area contributed by atoms with Crippen LogP contribution >= 0.6 is 11.6 Å². The van der Waals surface area contributed by atoms with Crippen LogP contribution in [0.2, 0.25) is 5.02 Å². The van der Waals surface area contributed by atoms with E-state index in [1.54, 1.807) is 0 Å². The number of halogens is 1. The third kappa shape index (κ3) is 1.92.